The Morgan fingerprint density at radius 1 is 1.48 bits per heavy atom. The number of carbonyl (C=O) groups is 1. The van der Waals surface area contributed by atoms with E-state index in [2.05, 4.69) is 12.0 Å². The van der Waals surface area contributed by atoms with Crippen LogP contribution in [0.25, 0.3) is 0 Å². The lowest BCUT2D eigenvalue weighted by atomic mass is 10.1. The summed E-state index contributed by atoms with van der Waals surface area (Å²) >= 11 is 1.88. The second-order valence-corrected chi connectivity index (χ2v) is 6.60. The Hall–Kier alpha value is -1.95. The zero-order chi connectivity index (χ0) is 16.2. The lowest BCUT2D eigenvalue weighted by Crippen LogP contribution is -2.40. The maximum Gasteiger partial charge on any atom is 0.254 e. The number of hydrogen-bond donors (Lipinski definition) is 0. The van der Waals surface area contributed by atoms with Gasteiger partial charge in [-0.1, -0.05) is 6.07 Å². The van der Waals surface area contributed by atoms with E-state index in [1.807, 2.05) is 51.9 Å². The van der Waals surface area contributed by atoms with E-state index in [-0.39, 0.29) is 11.9 Å². The molecule has 6 heteroatoms. The van der Waals surface area contributed by atoms with E-state index in [1.165, 1.54) is 0 Å². The largest absolute Gasteiger partial charge is 0.497 e. The third kappa shape index (κ3) is 3.37. The molecule has 0 N–H and O–H groups in total. The van der Waals surface area contributed by atoms with E-state index in [0.29, 0.717) is 11.3 Å². The number of rotatable bonds is 4. The van der Waals surface area contributed by atoms with Crippen molar-refractivity contribution in [1.29, 1.82) is 0 Å². The van der Waals surface area contributed by atoms with Gasteiger partial charge in [0.15, 0.2) is 0 Å². The fourth-order valence-electron chi connectivity index (χ4n) is 2.77. The molecule has 1 amide bonds. The Balaban J connectivity index is 1.86. The van der Waals surface area contributed by atoms with Crippen LogP contribution in [0.5, 0.6) is 5.75 Å². The second-order valence-electron chi connectivity index (χ2n) is 5.45. The normalized spacial score (nSPS) is 18.0. The van der Waals surface area contributed by atoms with Crippen LogP contribution < -0.4 is 4.74 Å². The van der Waals surface area contributed by atoms with Crippen LogP contribution in [0.15, 0.2) is 36.7 Å². The summed E-state index contributed by atoms with van der Waals surface area (Å²) in [5.74, 6) is 2.63. The van der Waals surface area contributed by atoms with Crippen LogP contribution in [0.2, 0.25) is 0 Å². The smallest absolute Gasteiger partial charge is 0.254 e. The summed E-state index contributed by atoms with van der Waals surface area (Å²) < 4.78 is 7.14. The molecule has 0 saturated carbocycles. The number of nitrogens with zero attached hydrogens (tertiary/aromatic N) is 3. The number of aryl methyl sites for hydroxylation is 1. The van der Waals surface area contributed by atoms with E-state index in [1.54, 1.807) is 13.2 Å². The van der Waals surface area contributed by atoms with Crippen LogP contribution in [0.3, 0.4) is 0 Å². The monoisotopic (exact) mass is 331 g/mol. The highest BCUT2D eigenvalue weighted by molar-refractivity contribution is 7.99. The summed E-state index contributed by atoms with van der Waals surface area (Å²) in [5.41, 5.74) is 1.78. The molecule has 1 aliphatic heterocycles. The molecule has 0 spiro atoms. The summed E-state index contributed by atoms with van der Waals surface area (Å²) in [6.45, 7) is 3.65. The average Bonchev–Trinajstić information content (AvgIpc) is 3.10. The number of hydrogen-bond acceptors (Lipinski definition) is 4. The molecule has 23 heavy (non-hydrogen) atoms. The van der Waals surface area contributed by atoms with Crippen LogP contribution in [0.1, 0.15) is 28.9 Å². The van der Waals surface area contributed by atoms with Gasteiger partial charge in [0.2, 0.25) is 0 Å². The van der Waals surface area contributed by atoms with Gasteiger partial charge in [0.05, 0.1) is 19.3 Å². The number of thioether (sulfide) groups is 1. The molecular weight excluding hydrogens is 310 g/mol. The molecule has 1 fully saturated rings. The number of benzene rings is 1. The molecule has 1 aliphatic rings. The van der Waals surface area contributed by atoms with E-state index in [4.69, 9.17) is 4.74 Å². The highest BCUT2D eigenvalue weighted by Crippen LogP contribution is 2.31. The molecule has 1 aromatic heterocycles. The van der Waals surface area contributed by atoms with Crippen molar-refractivity contribution in [3.8, 4) is 5.75 Å². The van der Waals surface area contributed by atoms with Crippen molar-refractivity contribution in [1.82, 2.24) is 14.7 Å². The zero-order valence-corrected chi connectivity index (χ0v) is 14.3. The van der Waals surface area contributed by atoms with Gasteiger partial charge in [-0.15, -0.1) is 0 Å². The van der Waals surface area contributed by atoms with Crippen LogP contribution in [-0.2, 0) is 6.54 Å². The van der Waals surface area contributed by atoms with Gasteiger partial charge in [0, 0.05) is 41.9 Å². The maximum absolute atomic E-state index is 13.0. The molecule has 1 atom stereocenters. The fraction of sp³-hybridized carbons (Fsp3) is 0.412. The minimum absolute atomic E-state index is 0.0541. The molecule has 2 heterocycles. The summed E-state index contributed by atoms with van der Waals surface area (Å²) in [7, 11) is 1.61. The fourth-order valence-corrected chi connectivity index (χ4v) is 3.86. The summed E-state index contributed by atoms with van der Waals surface area (Å²) in [6.07, 6.45) is 3.92. The molecule has 1 aromatic carbocycles. The predicted octanol–water partition coefficient (Wildman–Crippen LogP) is 2.84. The predicted molar refractivity (Wildman–Crippen MR) is 92.0 cm³/mol. The molecule has 122 valence electrons. The van der Waals surface area contributed by atoms with Gasteiger partial charge < -0.3 is 9.64 Å². The molecule has 0 aliphatic carbocycles. The molecule has 5 nitrogen and oxygen atoms in total. The third-order valence-electron chi connectivity index (χ3n) is 4.07. The van der Waals surface area contributed by atoms with E-state index in [9.17, 15) is 4.79 Å². The van der Waals surface area contributed by atoms with Gasteiger partial charge in [-0.2, -0.15) is 16.9 Å². The highest BCUT2D eigenvalue weighted by atomic mass is 32.2. The number of aromatic nitrogens is 2. The van der Waals surface area contributed by atoms with Crippen molar-refractivity contribution in [2.75, 3.05) is 25.2 Å². The summed E-state index contributed by atoms with van der Waals surface area (Å²) in [5, 5.41) is 4.35. The van der Waals surface area contributed by atoms with Crippen molar-refractivity contribution >= 4 is 17.7 Å². The van der Waals surface area contributed by atoms with Crippen molar-refractivity contribution in [3.05, 3.63) is 47.8 Å². The molecular formula is C17H21N3O2S. The third-order valence-corrected chi connectivity index (χ3v) is 5.09. The lowest BCUT2D eigenvalue weighted by Gasteiger charge is -2.35. The SMILES string of the molecule is CCn1cc([C@H]2CSCCN2C(=O)c2cccc(OC)c2)cn1. The standard InChI is InChI=1S/C17H21N3O2S/c1-3-19-11-14(10-18-19)16-12-23-8-7-20(16)17(21)13-5-4-6-15(9-13)22-2/h4-6,9-11,16H,3,7-8,12H2,1-2H3/t16-/m1/s1. The van der Waals surface area contributed by atoms with Crippen LogP contribution in [0.4, 0.5) is 0 Å². The molecule has 3 rings (SSSR count). The Morgan fingerprint density at radius 3 is 3.09 bits per heavy atom. The quantitative estimate of drug-likeness (QED) is 0.864. The number of amides is 1. The maximum atomic E-state index is 13.0. The molecule has 0 unspecified atom stereocenters. The first-order valence-corrected chi connectivity index (χ1v) is 8.93. The van der Waals surface area contributed by atoms with Gasteiger partial charge in [-0.05, 0) is 25.1 Å². The zero-order valence-electron chi connectivity index (χ0n) is 13.4. The molecule has 1 saturated heterocycles. The Kier molecular flexibility index (Phi) is 4.91. The average molecular weight is 331 g/mol. The topological polar surface area (TPSA) is 47.4 Å². The van der Waals surface area contributed by atoms with Crippen molar-refractivity contribution in [2.24, 2.45) is 0 Å². The van der Waals surface area contributed by atoms with Crippen molar-refractivity contribution < 1.29 is 9.53 Å². The Morgan fingerprint density at radius 2 is 2.35 bits per heavy atom. The molecule has 0 radical (unpaired) electrons. The van der Waals surface area contributed by atoms with Crippen LogP contribution >= 0.6 is 11.8 Å². The van der Waals surface area contributed by atoms with Gasteiger partial charge >= 0.3 is 0 Å². The number of carbonyl (C=O) groups excluding carboxylic acids is 1. The van der Waals surface area contributed by atoms with Crippen molar-refractivity contribution in [2.45, 2.75) is 19.5 Å². The first-order chi connectivity index (χ1) is 11.2. The Bertz CT molecular complexity index is 686. The summed E-state index contributed by atoms with van der Waals surface area (Å²) in [4.78, 5) is 14.9. The number of ether oxygens (including phenoxy) is 1. The van der Waals surface area contributed by atoms with Gasteiger partial charge in [-0.3, -0.25) is 9.48 Å². The lowest BCUT2D eigenvalue weighted by molar-refractivity contribution is 0.0701. The minimum atomic E-state index is 0.0541. The van der Waals surface area contributed by atoms with Gasteiger partial charge in [-0.25, -0.2) is 0 Å². The first kappa shape index (κ1) is 15.9. The van der Waals surface area contributed by atoms with Gasteiger partial charge in [0.1, 0.15) is 5.75 Å². The van der Waals surface area contributed by atoms with E-state index < -0.39 is 0 Å². The highest BCUT2D eigenvalue weighted by Gasteiger charge is 2.30. The molecule has 0 bridgehead atoms. The number of methoxy groups -OCH3 is 1. The minimum Gasteiger partial charge on any atom is -0.497 e. The van der Waals surface area contributed by atoms with Crippen molar-refractivity contribution in [3.63, 3.8) is 0 Å². The van der Waals surface area contributed by atoms with Crippen LogP contribution in [0, 0.1) is 0 Å². The first-order valence-electron chi connectivity index (χ1n) is 7.78. The second kappa shape index (κ2) is 7.08. The van der Waals surface area contributed by atoms with Crippen LogP contribution in [-0.4, -0.2) is 45.7 Å². The van der Waals surface area contributed by atoms with Gasteiger partial charge in [0.25, 0.3) is 5.91 Å². The van der Waals surface area contributed by atoms with E-state index >= 15 is 0 Å². The van der Waals surface area contributed by atoms with E-state index in [0.717, 1.165) is 30.2 Å². The Labute approximate surface area is 140 Å². The summed E-state index contributed by atoms with van der Waals surface area (Å²) in [6, 6.07) is 7.43. The molecule has 2 aromatic rings.